The van der Waals surface area contributed by atoms with Gasteiger partial charge in [-0.1, -0.05) is 0 Å². The fraction of sp³-hybridized carbons (Fsp3) is 0.105. The molecule has 3 N–H and O–H groups in total. The molecule has 7 heteroatoms. The third kappa shape index (κ3) is 2.59. The molecule has 26 heavy (non-hydrogen) atoms. The van der Waals surface area contributed by atoms with Crippen LogP contribution in [-0.2, 0) is 11.3 Å². The first-order chi connectivity index (χ1) is 12.5. The van der Waals surface area contributed by atoms with Gasteiger partial charge < -0.3 is 20.0 Å². The van der Waals surface area contributed by atoms with Crippen LogP contribution in [0.5, 0.6) is 0 Å². The zero-order chi connectivity index (χ0) is 18.3. The number of nitrogens with zero attached hydrogens (tertiary/aromatic N) is 3. The second-order valence-corrected chi connectivity index (χ2v) is 6.08. The second-order valence-electron chi connectivity index (χ2n) is 6.08. The monoisotopic (exact) mass is 348 g/mol. The summed E-state index contributed by atoms with van der Waals surface area (Å²) in [6.07, 6.45) is 5.46. The lowest BCUT2D eigenvalue weighted by Crippen LogP contribution is -2.13. The maximum Gasteiger partial charge on any atom is 0.335 e. The smallest absolute Gasteiger partial charge is 0.335 e. The number of carboxylic acids is 1. The summed E-state index contributed by atoms with van der Waals surface area (Å²) in [4.78, 5) is 26.7. The first kappa shape index (κ1) is 15.9. The number of carbonyl (C=O) groups is 2. The standard InChI is InChI=1S/C19H16N4O3/c20-18(24)5-7-23-16-3-1-12(19(25)26)9-14(16)15-10-13(2-4-17(15)23)22-8-6-21-11-22/h1-4,6,8-11H,5,7H2,(H2,20,24)(H,25,26). The minimum absolute atomic E-state index is 0.211. The van der Waals surface area contributed by atoms with Gasteiger partial charge in [0, 0.05) is 52.9 Å². The number of aryl methyl sites for hydroxylation is 1. The summed E-state index contributed by atoms with van der Waals surface area (Å²) in [6, 6.07) is 10.9. The average Bonchev–Trinajstić information content (AvgIpc) is 3.25. The van der Waals surface area contributed by atoms with Crippen LogP contribution >= 0.6 is 0 Å². The summed E-state index contributed by atoms with van der Waals surface area (Å²) in [5, 5.41) is 11.1. The molecule has 7 nitrogen and oxygen atoms in total. The quantitative estimate of drug-likeness (QED) is 0.578. The van der Waals surface area contributed by atoms with Crippen molar-refractivity contribution < 1.29 is 14.7 Å². The molecule has 0 bridgehead atoms. The number of benzene rings is 2. The molecule has 130 valence electrons. The Balaban J connectivity index is 1.99. The molecular formula is C19H16N4O3. The van der Waals surface area contributed by atoms with Gasteiger partial charge in [0.2, 0.25) is 5.91 Å². The van der Waals surface area contributed by atoms with Gasteiger partial charge in [-0.05, 0) is 36.4 Å². The molecule has 0 aliphatic carbocycles. The van der Waals surface area contributed by atoms with E-state index in [0.717, 1.165) is 27.5 Å². The van der Waals surface area contributed by atoms with Crippen molar-refractivity contribution >= 4 is 33.7 Å². The summed E-state index contributed by atoms with van der Waals surface area (Å²) in [7, 11) is 0. The van der Waals surface area contributed by atoms with Crippen molar-refractivity contribution in [3.05, 3.63) is 60.7 Å². The van der Waals surface area contributed by atoms with E-state index in [9.17, 15) is 14.7 Å². The van der Waals surface area contributed by atoms with Crippen LogP contribution in [0.2, 0.25) is 0 Å². The lowest BCUT2D eigenvalue weighted by atomic mass is 10.1. The van der Waals surface area contributed by atoms with Gasteiger partial charge in [-0.2, -0.15) is 0 Å². The molecule has 4 rings (SSSR count). The zero-order valence-electron chi connectivity index (χ0n) is 13.8. The van der Waals surface area contributed by atoms with Crippen molar-refractivity contribution in [2.45, 2.75) is 13.0 Å². The number of carbonyl (C=O) groups excluding carboxylic acids is 1. The molecule has 0 aliphatic heterocycles. The van der Waals surface area contributed by atoms with Crippen molar-refractivity contribution in [3.8, 4) is 5.69 Å². The molecule has 0 fully saturated rings. The summed E-state index contributed by atoms with van der Waals surface area (Å²) in [6.45, 7) is 0.437. The first-order valence-corrected chi connectivity index (χ1v) is 8.10. The molecule has 0 spiro atoms. The van der Waals surface area contributed by atoms with Crippen molar-refractivity contribution in [3.63, 3.8) is 0 Å². The Bertz CT molecular complexity index is 1140. The van der Waals surface area contributed by atoms with E-state index in [0.29, 0.717) is 6.54 Å². The fourth-order valence-electron chi connectivity index (χ4n) is 3.26. The van der Waals surface area contributed by atoms with Crippen LogP contribution in [-0.4, -0.2) is 31.1 Å². The molecule has 0 unspecified atom stereocenters. The molecule has 2 heterocycles. The van der Waals surface area contributed by atoms with Crippen LogP contribution in [0.3, 0.4) is 0 Å². The van der Waals surface area contributed by atoms with Crippen molar-refractivity contribution in [1.29, 1.82) is 0 Å². The van der Waals surface area contributed by atoms with Crippen molar-refractivity contribution in [2.75, 3.05) is 0 Å². The van der Waals surface area contributed by atoms with Crippen LogP contribution in [0.15, 0.2) is 55.1 Å². The van der Waals surface area contributed by atoms with Crippen LogP contribution in [0, 0.1) is 0 Å². The number of aromatic carboxylic acids is 1. The van der Waals surface area contributed by atoms with E-state index in [-0.39, 0.29) is 17.9 Å². The Hall–Kier alpha value is -3.61. The molecule has 0 atom stereocenters. The van der Waals surface area contributed by atoms with Gasteiger partial charge in [0.25, 0.3) is 0 Å². The molecular weight excluding hydrogens is 332 g/mol. The maximum absolute atomic E-state index is 11.4. The van der Waals surface area contributed by atoms with Gasteiger partial charge in [-0.15, -0.1) is 0 Å². The predicted molar refractivity (Wildman–Crippen MR) is 97.3 cm³/mol. The lowest BCUT2D eigenvalue weighted by molar-refractivity contribution is -0.118. The van der Waals surface area contributed by atoms with Gasteiger partial charge in [0.15, 0.2) is 0 Å². The van der Waals surface area contributed by atoms with Crippen LogP contribution in [0.25, 0.3) is 27.5 Å². The number of amides is 1. The van der Waals surface area contributed by atoms with Gasteiger partial charge >= 0.3 is 5.97 Å². The number of hydrogen-bond acceptors (Lipinski definition) is 3. The number of hydrogen-bond donors (Lipinski definition) is 2. The highest BCUT2D eigenvalue weighted by Crippen LogP contribution is 2.31. The van der Waals surface area contributed by atoms with Crippen LogP contribution in [0.1, 0.15) is 16.8 Å². The molecule has 2 aromatic heterocycles. The molecule has 0 radical (unpaired) electrons. The summed E-state index contributed by atoms with van der Waals surface area (Å²) < 4.78 is 3.88. The minimum atomic E-state index is -0.976. The molecule has 4 aromatic rings. The summed E-state index contributed by atoms with van der Waals surface area (Å²) >= 11 is 0. The SMILES string of the molecule is NC(=O)CCn1c2ccc(C(=O)O)cc2c2cc(-n3ccnc3)ccc21. The largest absolute Gasteiger partial charge is 0.478 e. The van der Waals surface area contributed by atoms with Crippen molar-refractivity contribution in [2.24, 2.45) is 5.73 Å². The molecule has 0 saturated carbocycles. The molecule has 0 aliphatic rings. The average molecular weight is 348 g/mol. The Labute approximate surface area is 148 Å². The number of imidazole rings is 1. The van der Waals surface area contributed by atoms with Gasteiger partial charge in [0.1, 0.15) is 0 Å². The van der Waals surface area contributed by atoms with E-state index in [1.54, 1.807) is 30.7 Å². The van der Waals surface area contributed by atoms with Gasteiger partial charge in [-0.25, -0.2) is 9.78 Å². The molecule has 2 aromatic carbocycles. The van der Waals surface area contributed by atoms with E-state index in [1.807, 2.05) is 33.5 Å². The third-order valence-electron chi connectivity index (χ3n) is 4.48. The van der Waals surface area contributed by atoms with Crippen LogP contribution < -0.4 is 5.73 Å². The number of fused-ring (bicyclic) bond motifs is 3. The van der Waals surface area contributed by atoms with Gasteiger partial charge in [0.05, 0.1) is 11.9 Å². The third-order valence-corrected chi connectivity index (χ3v) is 4.48. The summed E-state index contributed by atoms with van der Waals surface area (Å²) in [5.74, 6) is -1.35. The number of rotatable bonds is 5. The first-order valence-electron chi connectivity index (χ1n) is 8.10. The predicted octanol–water partition coefficient (Wildman–Crippen LogP) is 2.55. The van der Waals surface area contributed by atoms with E-state index in [2.05, 4.69) is 4.98 Å². The Morgan fingerprint density at radius 2 is 1.81 bits per heavy atom. The highest BCUT2D eigenvalue weighted by Gasteiger charge is 2.14. The van der Waals surface area contributed by atoms with E-state index in [4.69, 9.17) is 5.73 Å². The second kappa shape index (κ2) is 6.03. The maximum atomic E-state index is 11.4. The Kier molecular flexibility index (Phi) is 3.69. The minimum Gasteiger partial charge on any atom is -0.478 e. The number of nitrogens with two attached hydrogens (primary N) is 1. The van der Waals surface area contributed by atoms with E-state index < -0.39 is 5.97 Å². The van der Waals surface area contributed by atoms with E-state index >= 15 is 0 Å². The Morgan fingerprint density at radius 1 is 1.08 bits per heavy atom. The number of carboxylic acid groups (broad SMARTS) is 1. The fourth-order valence-corrected chi connectivity index (χ4v) is 3.26. The normalized spacial score (nSPS) is 11.2. The lowest BCUT2D eigenvalue weighted by Gasteiger charge is -2.07. The molecule has 1 amide bonds. The number of aromatic nitrogens is 3. The number of primary amides is 1. The molecule has 0 saturated heterocycles. The van der Waals surface area contributed by atoms with Crippen molar-refractivity contribution in [1.82, 2.24) is 14.1 Å². The highest BCUT2D eigenvalue weighted by atomic mass is 16.4. The summed E-state index contributed by atoms with van der Waals surface area (Å²) in [5.41, 5.74) is 8.25. The topological polar surface area (TPSA) is 103 Å². The highest BCUT2D eigenvalue weighted by molar-refractivity contribution is 6.10. The zero-order valence-corrected chi connectivity index (χ0v) is 13.8. The van der Waals surface area contributed by atoms with Gasteiger partial charge in [-0.3, -0.25) is 4.79 Å². The Morgan fingerprint density at radius 3 is 2.46 bits per heavy atom. The van der Waals surface area contributed by atoms with Crippen LogP contribution in [0.4, 0.5) is 0 Å². The van der Waals surface area contributed by atoms with E-state index in [1.165, 1.54) is 0 Å².